The lowest BCUT2D eigenvalue weighted by atomic mass is 9.95. The number of hydrogen-bond acceptors (Lipinski definition) is 2. The highest BCUT2D eigenvalue weighted by Crippen LogP contribution is 2.20. The summed E-state index contributed by atoms with van der Waals surface area (Å²) in [6.07, 6.45) is 3.89. The zero-order valence-electron chi connectivity index (χ0n) is 12.9. The topological polar surface area (TPSA) is 40.5 Å². The highest BCUT2D eigenvalue weighted by Gasteiger charge is 2.18. The molecule has 1 unspecified atom stereocenters. The molecule has 1 aromatic carbocycles. The maximum atomic E-state index is 10.8. The van der Waals surface area contributed by atoms with Crippen molar-refractivity contribution < 1.29 is 9.90 Å². The molecule has 112 valence electrons. The summed E-state index contributed by atoms with van der Waals surface area (Å²) in [6, 6.07) is 7.25. The van der Waals surface area contributed by atoms with Crippen LogP contribution < -0.4 is 0 Å². The van der Waals surface area contributed by atoms with Crippen molar-refractivity contribution >= 4 is 5.97 Å². The van der Waals surface area contributed by atoms with Gasteiger partial charge in [0.05, 0.1) is 5.56 Å². The van der Waals surface area contributed by atoms with Gasteiger partial charge < -0.3 is 5.11 Å². The Kier molecular flexibility index (Phi) is 7.31. The molecule has 0 saturated carbocycles. The maximum Gasteiger partial charge on any atom is 0.335 e. The van der Waals surface area contributed by atoms with Crippen LogP contribution in [0.5, 0.6) is 0 Å². The van der Waals surface area contributed by atoms with Gasteiger partial charge in [0.1, 0.15) is 0 Å². The highest BCUT2D eigenvalue weighted by molar-refractivity contribution is 5.87. The number of likely N-dealkylation sites (tertiary alicyclic amines) is 1. The SMILES string of the molecule is CC.CCC1CCCN(Cc2ccc(C(=O)O)cc2)C1. The fourth-order valence-electron chi connectivity index (χ4n) is 2.64. The number of nitrogens with zero attached hydrogens (tertiary/aromatic N) is 1. The van der Waals surface area contributed by atoms with Gasteiger partial charge in [0.15, 0.2) is 0 Å². The average Bonchev–Trinajstić information content (AvgIpc) is 2.50. The van der Waals surface area contributed by atoms with Gasteiger partial charge in [-0.15, -0.1) is 0 Å². The standard InChI is InChI=1S/C15H21NO2.C2H6/c1-2-12-4-3-9-16(10-12)11-13-5-7-14(8-6-13)15(17)18;1-2/h5-8,12H,2-4,9-11H2,1H3,(H,17,18);1-2H3. The third kappa shape index (κ3) is 4.97. The molecular formula is C17H27NO2. The Hall–Kier alpha value is -1.35. The predicted octanol–water partition coefficient (Wildman–Crippen LogP) is 4.03. The number of aromatic carboxylic acids is 1. The summed E-state index contributed by atoms with van der Waals surface area (Å²) < 4.78 is 0. The Balaban J connectivity index is 0.000000956. The zero-order valence-corrected chi connectivity index (χ0v) is 12.9. The van der Waals surface area contributed by atoms with Crippen LogP contribution in [0, 0.1) is 5.92 Å². The second-order valence-electron chi connectivity index (χ2n) is 5.15. The summed E-state index contributed by atoms with van der Waals surface area (Å²) in [6.45, 7) is 9.54. The monoisotopic (exact) mass is 277 g/mol. The molecule has 1 N–H and O–H groups in total. The van der Waals surface area contributed by atoms with E-state index in [-0.39, 0.29) is 0 Å². The molecule has 0 bridgehead atoms. The molecule has 1 atom stereocenters. The molecule has 0 radical (unpaired) electrons. The summed E-state index contributed by atoms with van der Waals surface area (Å²) in [5.74, 6) is -0.0254. The second kappa shape index (κ2) is 8.75. The van der Waals surface area contributed by atoms with Crippen molar-refractivity contribution in [2.75, 3.05) is 13.1 Å². The van der Waals surface area contributed by atoms with Crippen LogP contribution in [-0.2, 0) is 6.54 Å². The van der Waals surface area contributed by atoms with Crippen LogP contribution in [0.4, 0.5) is 0 Å². The first-order valence-corrected chi connectivity index (χ1v) is 7.73. The van der Waals surface area contributed by atoms with E-state index in [9.17, 15) is 4.79 Å². The highest BCUT2D eigenvalue weighted by atomic mass is 16.4. The first kappa shape index (κ1) is 16.7. The van der Waals surface area contributed by atoms with Crippen LogP contribution in [0.1, 0.15) is 56.0 Å². The van der Waals surface area contributed by atoms with Crippen LogP contribution in [0.15, 0.2) is 24.3 Å². The van der Waals surface area contributed by atoms with E-state index in [2.05, 4.69) is 11.8 Å². The largest absolute Gasteiger partial charge is 0.478 e. The first-order valence-electron chi connectivity index (χ1n) is 7.73. The Bertz CT molecular complexity index is 400. The van der Waals surface area contributed by atoms with E-state index in [1.807, 2.05) is 26.0 Å². The Labute approximate surface area is 122 Å². The van der Waals surface area contributed by atoms with Gasteiger partial charge in [-0.05, 0) is 43.0 Å². The zero-order chi connectivity index (χ0) is 15.0. The van der Waals surface area contributed by atoms with Gasteiger partial charge in [-0.3, -0.25) is 4.90 Å². The molecule has 3 nitrogen and oxygen atoms in total. The molecule has 0 aliphatic carbocycles. The average molecular weight is 277 g/mol. The maximum absolute atomic E-state index is 10.8. The Morgan fingerprint density at radius 1 is 1.30 bits per heavy atom. The molecule has 2 rings (SSSR count). The normalized spacial score (nSPS) is 19.1. The van der Waals surface area contributed by atoms with Gasteiger partial charge in [0.2, 0.25) is 0 Å². The molecule has 1 aromatic rings. The molecule has 3 heteroatoms. The summed E-state index contributed by atoms with van der Waals surface area (Å²) in [4.78, 5) is 13.3. The van der Waals surface area contributed by atoms with Crippen molar-refractivity contribution in [1.82, 2.24) is 4.90 Å². The predicted molar refractivity (Wildman–Crippen MR) is 83.0 cm³/mol. The number of hydrogen-bond donors (Lipinski definition) is 1. The van der Waals surface area contributed by atoms with E-state index in [0.29, 0.717) is 5.56 Å². The van der Waals surface area contributed by atoms with Gasteiger partial charge in [0.25, 0.3) is 0 Å². The van der Waals surface area contributed by atoms with Crippen LogP contribution in [0.3, 0.4) is 0 Å². The molecule has 20 heavy (non-hydrogen) atoms. The van der Waals surface area contributed by atoms with Crippen LogP contribution in [0.25, 0.3) is 0 Å². The molecule has 0 aromatic heterocycles. The molecule has 1 aliphatic rings. The minimum Gasteiger partial charge on any atom is -0.478 e. The van der Waals surface area contributed by atoms with Gasteiger partial charge in [-0.25, -0.2) is 4.79 Å². The number of benzene rings is 1. The van der Waals surface area contributed by atoms with Crippen molar-refractivity contribution in [2.24, 2.45) is 5.92 Å². The lowest BCUT2D eigenvalue weighted by molar-refractivity contribution is 0.0697. The fraction of sp³-hybridized carbons (Fsp3) is 0.588. The van der Waals surface area contributed by atoms with E-state index in [0.717, 1.165) is 19.0 Å². The summed E-state index contributed by atoms with van der Waals surface area (Å²) in [7, 11) is 0. The van der Waals surface area contributed by atoms with E-state index in [1.54, 1.807) is 12.1 Å². The number of carboxylic acids is 1. The smallest absolute Gasteiger partial charge is 0.335 e. The number of carboxylic acid groups (broad SMARTS) is 1. The molecule has 1 fully saturated rings. The number of piperidine rings is 1. The Morgan fingerprint density at radius 3 is 2.50 bits per heavy atom. The van der Waals surface area contributed by atoms with Crippen molar-refractivity contribution in [3.05, 3.63) is 35.4 Å². The van der Waals surface area contributed by atoms with Crippen LogP contribution >= 0.6 is 0 Å². The van der Waals surface area contributed by atoms with Gasteiger partial charge in [-0.2, -0.15) is 0 Å². The van der Waals surface area contributed by atoms with Crippen molar-refractivity contribution in [3.63, 3.8) is 0 Å². The quantitative estimate of drug-likeness (QED) is 0.903. The van der Waals surface area contributed by atoms with Gasteiger partial charge >= 0.3 is 5.97 Å². The van der Waals surface area contributed by atoms with Gasteiger partial charge in [-0.1, -0.05) is 39.3 Å². The minimum atomic E-state index is -0.856. The van der Waals surface area contributed by atoms with Crippen molar-refractivity contribution in [3.8, 4) is 0 Å². The van der Waals surface area contributed by atoms with Crippen molar-refractivity contribution in [2.45, 2.75) is 46.6 Å². The van der Waals surface area contributed by atoms with Crippen LogP contribution in [0.2, 0.25) is 0 Å². The molecule has 0 amide bonds. The van der Waals surface area contributed by atoms with E-state index >= 15 is 0 Å². The van der Waals surface area contributed by atoms with E-state index in [4.69, 9.17) is 5.11 Å². The van der Waals surface area contributed by atoms with E-state index in [1.165, 1.54) is 31.4 Å². The third-order valence-electron chi connectivity index (χ3n) is 3.79. The first-order chi connectivity index (χ1) is 9.69. The summed E-state index contributed by atoms with van der Waals surface area (Å²) in [5, 5.41) is 8.85. The molecule has 1 heterocycles. The lowest BCUT2D eigenvalue weighted by Gasteiger charge is -2.32. The van der Waals surface area contributed by atoms with Crippen molar-refractivity contribution in [1.29, 1.82) is 0 Å². The Morgan fingerprint density at radius 2 is 1.95 bits per heavy atom. The second-order valence-corrected chi connectivity index (χ2v) is 5.15. The molecule has 1 aliphatic heterocycles. The van der Waals surface area contributed by atoms with E-state index < -0.39 is 5.97 Å². The lowest BCUT2D eigenvalue weighted by Crippen LogP contribution is -2.34. The molecule has 1 saturated heterocycles. The number of rotatable bonds is 4. The summed E-state index contributed by atoms with van der Waals surface area (Å²) >= 11 is 0. The summed E-state index contributed by atoms with van der Waals surface area (Å²) in [5.41, 5.74) is 1.57. The third-order valence-corrected chi connectivity index (χ3v) is 3.79. The van der Waals surface area contributed by atoms with Crippen LogP contribution in [-0.4, -0.2) is 29.1 Å². The fourth-order valence-corrected chi connectivity index (χ4v) is 2.64. The molecule has 0 spiro atoms. The minimum absolute atomic E-state index is 0.365. The molecular weight excluding hydrogens is 250 g/mol. The van der Waals surface area contributed by atoms with Gasteiger partial charge in [0, 0.05) is 13.1 Å². The number of carbonyl (C=O) groups is 1.